The van der Waals surface area contributed by atoms with Crippen molar-refractivity contribution < 1.29 is 0 Å². The fourth-order valence-corrected chi connectivity index (χ4v) is 4.07. The van der Waals surface area contributed by atoms with Crippen LogP contribution in [-0.2, 0) is 6.42 Å². The molecule has 0 aliphatic heterocycles. The summed E-state index contributed by atoms with van der Waals surface area (Å²) in [6, 6.07) is 7.11. The van der Waals surface area contributed by atoms with Gasteiger partial charge in [-0.1, -0.05) is 44.5 Å². The molecule has 1 aromatic rings. The van der Waals surface area contributed by atoms with Crippen molar-refractivity contribution in [1.82, 2.24) is 5.32 Å². The number of rotatable bonds is 3. The smallest absolute Gasteiger partial charge is 0.0440 e. The molecule has 3 unspecified atom stereocenters. The summed E-state index contributed by atoms with van der Waals surface area (Å²) in [5.41, 5.74) is 2.96. The summed E-state index contributed by atoms with van der Waals surface area (Å²) in [6.07, 6.45) is 5.02. The van der Waals surface area contributed by atoms with Crippen molar-refractivity contribution in [2.45, 2.75) is 59.4 Å². The zero-order valence-corrected chi connectivity index (χ0v) is 14.9. The minimum Gasteiger partial charge on any atom is -0.317 e. The van der Waals surface area contributed by atoms with Gasteiger partial charge in [-0.3, -0.25) is 0 Å². The molecule has 3 atom stereocenters. The first-order chi connectivity index (χ1) is 9.81. The van der Waals surface area contributed by atoms with Crippen LogP contribution in [0.1, 0.15) is 51.2 Å². The molecular weight excluding hydrogens is 278 g/mol. The predicted octanol–water partition coefficient (Wildman–Crippen LogP) is 5.24. The molecule has 0 amide bonds. The van der Waals surface area contributed by atoms with Crippen molar-refractivity contribution in [3.8, 4) is 0 Å². The van der Waals surface area contributed by atoms with E-state index in [9.17, 15) is 0 Å². The third kappa shape index (κ3) is 4.23. The van der Waals surface area contributed by atoms with Crippen LogP contribution in [0, 0.1) is 24.2 Å². The summed E-state index contributed by atoms with van der Waals surface area (Å²) < 4.78 is 0. The standard InChI is InChI=1S/C19H30ClN/c1-13-6-7-14(17(20)10-13)11-15-12-16(19(2,3)4)8-9-18(15)21-5/h6-7,10,15-16,18,21H,8-9,11-12H2,1-5H3. The van der Waals surface area contributed by atoms with E-state index in [1.807, 2.05) is 0 Å². The van der Waals surface area contributed by atoms with Gasteiger partial charge in [0, 0.05) is 11.1 Å². The van der Waals surface area contributed by atoms with E-state index < -0.39 is 0 Å². The van der Waals surface area contributed by atoms with Crippen LogP contribution in [0.15, 0.2) is 18.2 Å². The van der Waals surface area contributed by atoms with Crippen molar-refractivity contribution >= 4 is 11.6 Å². The number of halogens is 1. The molecule has 0 radical (unpaired) electrons. The first kappa shape index (κ1) is 16.8. The van der Waals surface area contributed by atoms with Crippen molar-refractivity contribution in [1.29, 1.82) is 0 Å². The maximum absolute atomic E-state index is 6.45. The van der Waals surface area contributed by atoms with Crippen LogP contribution in [0.3, 0.4) is 0 Å². The van der Waals surface area contributed by atoms with Gasteiger partial charge in [-0.15, -0.1) is 0 Å². The molecule has 2 heteroatoms. The average Bonchev–Trinajstić information content (AvgIpc) is 2.41. The minimum atomic E-state index is 0.411. The van der Waals surface area contributed by atoms with Gasteiger partial charge in [0.1, 0.15) is 0 Å². The van der Waals surface area contributed by atoms with Crippen LogP contribution in [0.25, 0.3) is 0 Å². The lowest BCUT2D eigenvalue weighted by Crippen LogP contribution is -2.42. The second-order valence-corrected chi connectivity index (χ2v) is 8.24. The second kappa shape index (κ2) is 6.71. The van der Waals surface area contributed by atoms with Crippen LogP contribution in [0.5, 0.6) is 0 Å². The summed E-state index contributed by atoms with van der Waals surface area (Å²) in [5, 5.41) is 4.47. The van der Waals surface area contributed by atoms with E-state index in [-0.39, 0.29) is 0 Å². The molecule has 1 nitrogen and oxygen atoms in total. The highest BCUT2D eigenvalue weighted by Gasteiger charge is 2.35. The van der Waals surface area contributed by atoms with Crippen molar-refractivity contribution in [3.63, 3.8) is 0 Å². The first-order valence-electron chi connectivity index (χ1n) is 8.23. The Kier molecular flexibility index (Phi) is 5.38. The van der Waals surface area contributed by atoms with E-state index in [2.05, 4.69) is 58.3 Å². The highest BCUT2D eigenvalue weighted by molar-refractivity contribution is 6.31. The van der Waals surface area contributed by atoms with Crippen molar-refractivity contribution in [2.24, 2.45) is 17.3 Å². The van der Waals surface area contributed by atoms with E-state index in [4.69, 9.17) is 11.6 Å². The lowest BCUT2D eigenvalue weighted by molar-refractivity contribution is 0.117. The Morgan fingerprint density at radius 2 is 1.95 bits per heavy atom. The third-order valence-electron chi connectivity index (χ3n) is 5.27. The SMILES string of the molecule is CNC1CCC(C(C)(C)C)CC1Cc1ccc(C)cc1Cl. The fraction of sp³-hybridized carbons (Fsp3) is 0.684. The maximum Gasteiger partial charge on any atom is 0.0440 e. The number of aryl methyl sites for hydroxylation is 1. The van der Waals surface area contributed by atoms with Gasteiger partial charge in [-0.2, -0.15) is 0 Å². The average molecular weight is 308 g/mol. The van der Waals surface area contributed by atoms with Crippen LogP contribution >= 0.6 is 11.6 Å². The van der Waals surface area contributed by atoms with Gasteiger partial charge in [-0.05, 0) is 74.1 Å². The fourth-order valence-electron chi connectivity index (χ4n) is 3.76. The van der Waals surface area contributed by atoms with E-state index in [0.717, 1.165) is 17.4 Å². The molecule has 0 spiro atoms. The molecule has 0 saturated heterocycles. The minimum absolute atomic E-state index is 0.411. The Hall–Kier alpha value is -0.530. The number of hydrogen-bond acceptors (Lipinski definition) is 1. The Balaban J connectivity index is 2.14. The molecule has 1 saturated carbocycles. The van der Waals surface area contributed by atoms with E-state index >= 15 is 0 Å². The normalized spacial score (nSPS) is 26.9. The van der Waals surface area contributed by atoms with E-state index in [1.54, 1.807) is 0 Å². The van der Waals surface area contributed by atoms with E-state index in [1.165, 1.54) is 30.4 Å². The van der Waals surface area contributed by atoms with E-state index in [0.29, 0.717) is 17.4 Å². The Morgan fingerprint density at radius 3 is 2.52 bits per heavy atom. The van der Waals surface area contributed by atoms with Gasteiger partial charge in [0.05, 0.1) is 0 Å². The van der Waals surface area contributed by atoms with Gasteiger partial charge in [0.2, 0.25) is 0 Å². The van der Waals surface area contributed by atoms with Gasteiger partial charge >= 0.3 is 0 Å². The predicted molar refractivity (Wildman–Crippen MR) is 93.0 cm³/mol. The number of benzene rings is 1. The molecule has 118 valence electrons. The summed E-state index contributed by atoms with van der Waals surface area (Å²) in [7, 11) is 2.10. The Bertz CT molecular complexity index is 475. The van der Waals surface area contributed by atoms with Crippen LogP contribution in [0.4, 0.5) is 0 Å². The molecule has 1 fully saturated rings. The molecule has 2 rings (SSSR count). The Labute approximate surface area is 135 Å². The van der Waals surface area contributed by atoms with Crippen LogP contribution in [-0.4, -0.2) is 13.1 Å². The van der Waals surface area contributed by atoms with Crippen molar-refractivity contribution in [2.75, 3.05) is 7.05 Å². The molecule has 1 aliphatic rings. The highest BCUT2D eigenvalue weighted by atomic mass is 35.5. The van der Waals surface area contributed by atoms with Gasteiger partial charge in [0.25, 0.3) is 0 Å². The van der Waals surface area contributed by atoms with Gasteiger partial charge < -0.3 is 5.32 Å². The van der Waals surface area contributed by atoms with Gasteiger partial charge in [0.15, 0.2) is 0 Å². The lowest BCUT2D eigenvalue weighted by Gasteiger charge is -2.42. The molecule has 0 bridgehead atoms. The Morgan fingerprint density at radius 1 is 1.24 bits per heavy atom. The first-order valence-corrected chi connectivity index (χ1v) is 8.61. The monoisotopic (exact) mass is 307 g/mol. The lowest BCUT2D eigenvalue weighted by atomic mass is 9.66. The molecule has 1 N–H and O–H groups in total. The number of hydrogen-bond donors (Lipinski definition) is 1. The largest absolute Gasteiger partial charge is 0.317 e. The summed E-state index contributed by atoms with van der Waals surface area (Å²) in [5.74, 6) is 1.50. The maximum atomic E-state index is 6.45. The third-order valence-corrected chi connectivity index (χ3v) is 5.62. The molecule has 1 aliphatic carbocycles. The summed E-state index contributed by atoms with van der Waals surface area (Å²) in [6.45, 7) is 9.25. The topological polar surface area (TPSA) is 12.0 Å². The molecule has 1 aromatic carbocycles. The summed E-state index contributed by atoms with van der Waals surface area (Å²) >= 11 is 6.45. The second-order valence-electron chi connectivity index (χ2n) is 7.83. The molecular formula is C19H30ClN. The van der Waals surface area contributed by atoms with Crippen LogP contribution in [0.2, 0.25) is 5.02 Å². The van der Waals surface area contributed by atoms with Crippen LogP contribution < -0.4 is 5.32 Å². The van der Waals surface area contributed by atoms with Gasteiger partial charge in [-0.25, -0.2) is 0 Å². The quantitative estimate of drug-likeness (QED) is 0.805. The molecule has 0 aromatic heterocycles. The molecule has 0 heterocycles. The summed E-state index contributed by atoms with van der Waals surface area (Å²) in [4.78, 5) is 0. The number of nitrogens with one attached hydrogen (secondary N) is 1. The zero-order valence-electron chi connectivity index (χ0n) is 14.2. The molecule has 21 heavy (non-hydrogen) atoms. The zero-order chi connectivity index (χ0) is 15.6. The van der Waals surface area contributed by atoms with Crippen molar-refractivity contribution in [3.05, 3.63) is 34.3 Å². The highest BCUT2D eigenvalue weighted by Crippen LogP contribution is 2.41.